The summed E-state index contributed by atoms with van der Waals surface area (Å²) in [7, 11) is 0. The van der Waals surface area contributed by atoms with Gasteiger partial charge in [0, 0.05) is 17.2 Å². The molecule has 0 aromatic heterocycles. The van der Waals surface area contributed by atoms with E-state index in [1.807, 2.05) is 24.3 Å². The molecule has 3 rings (SSSR count). The van der Waals surface area contributed by atoms with Crippen LogP contribution in [0.25, 0.3) is 0 Å². The summed E-state index contributed by atoms with van der Waals surface area (Å²) in [4.78, 5) is 12.3. The highest BCUT2D eigenvalue weighted by Crippen LogP contribution is 2.48. The molecule has 2 aliphatic carbocycles. The maximum absolute atomic E-state index is 12.3. The fourth-order valence-electron chi connectivity index (χ4n) is 3.58. The second-order valence-corrected chi connectivity index (χ2v) is 5.81. The van der Waals surface area contributed by atoms with Crippen LogP contribution in [-0.4, -0.2) is 17.6 Å². The molecule has 0 radical (unpaired) electrons. The first-order valence-corrected chi connectivity index (χ1v) is 7.27. The van der Waals surface area contributed by atoms with Gasteiger partial charge in [-0.1, -0.05) is 18.3 Å². The van der Waals surface area contributed by atoms with Crippen LogP contribution < -0.4 is 5.32 Å². The Labute approximate surface area is 119 Å². The molecular formula is C17H19NO2. The SMILES string of the molecule is O=C(Nc1ccc(C#CCO)cc1)C1CC2CCC1C2. The Kier molecular flexibility index (Phi) is 3.75. The number of hydrogen-bond donors (Lipinski definition) is 2. The van der Waals surface area contributed by atoms with Crippen molar-refractivity contribution >= 4 is 11.6 Å². The molecule has 1 aromatic carbocycles. The summed E-state index contributed by atoms with van der Waals surface area (Å²) in [5.74, 6) is 7.22. The zero-order valence-electron chi connectivity index (χ0n) is 11.4. The molecule has 3 unspecified atom stereocenters. The van der Waals surface area contributed by atoms with E-state index >= 15 is 0 Å². The van der Waals surface area contributed by atoms with Gasteiger partial charge in [-0.2, -0.15) is 0 Å². The third-order valence-electron chi connectivity index (χ3n) is 4.54. The fraction of sp³-hybridized carbons (Fsp3) is 0.471. The van der Waals surface area contributed by atoms with Crippen molar-refractivity contribution in [2.24, 2.45) is 17.8 Å². The highest BCUT2D eigenvalue weighted by molar-refractivity contribution is 5.93. The van der Waals surface area contributed by atoms with Crippen LogP contribution in [0.15, 0.2) is 24.3 Å². The van der Waals surface area contributed by atoms with Crippen LogP contribution in [0.5, 0.6) is 0 Å². The number of fused-ring (bicyclic) bond motifs is 2. The molecule has 3 nitrogen and oxygen atoms in total. The van der Waals surface area contributed by atoms with Gasteiger partial charge in [-0.15, -0.1) is 0 Å². The van der Waals surface area contributed by atoms with Crippen LogP contribution >= 0.6 is 0 Å². The van der Waals surface area contributed by atoms with E-state index in [-0.39, 0.29) is 18.4 Å². The Hall–Kier alpha value is -1.79. The predicted molar refractivity (Wildman–Crippen MR) is 78.0 cm³/mol. The van der Waals surface area contributed by atoms with E-state index in [1.165, 1.54) is 19.3 Å². The molecule has 2 bridgehead atoms. The van der Waals surface area contributed by atoms with E-state index in [1.54, 1.807) is 0 Å². The summed E-state index contributed by atoms with van der Waals surface area (Å²) in [6, 6.07) is 7.46. The van der Waals surface area contributed by atoms with Crippen LogP contribution in [0.3, 0.4) is 0 Å². The maximum atomic E-state index is 12.3. The summed E-state index contributed by atoms with van der Waals surface area (Å²) in [5.41, 5.74) is 1.67. The number of nitrogens with one attached hydrogen (secondary N) is 1. The molecule has 0 heterocycles. The van der Waals surface area contributed by atoms with Gasteiger partial charge in [0.15, 0.2) is 0 Å². The molecule has 3 atom stereocenters. The first-order valence-electron chi connectivity index (χ1n) is 7.27. The quantitative estimate of drug-likeness (QED) is 0.810. The zero-order chi connectivity index (χ0) is 13.9. The molecule has 104 valence electrons. The molecule has 2 fully saturated rings. The standard InChI is InChI=1S/C17H19NO2/c19-9-1-2-12-4-7-15(8-5-12)18-17(20)16-11-13-3-6-14(16)10-13/h4-5,7-8,13-14,16,19H,3,6,9-11H2,(H,18,20). The molecule has 0 spiro atoms. The molecule has 0 aliphatic heterocycles. The Morgan fingerprint density at radius 2 is 2.05 bits per heavy atom. The Morgan fingerprint density at radius 1 is 1.25 bits per heavy atom. The van der Waals surface area contributed by atoms with Crippen LogP contribution in [0.1, 0.15) is 31.2 Å². The number of carbonyl (C=O) groups excluding carboxylic acids is 1. The Morgan fingerprint density at radius 3 is 2.65 bits per heavy atom. The maximum Gasteiger partial charge on any atom is 0.227 e. The van der Waals surface area contributed by atoms with Gasteiger partial charge in [0.25, 0.3) is 0 Å². The van der Waals surface area contributed by atoms with E-state index in [0.29, 0.717) is 5.92 Å². The lowest BCUT2D eigenvalue weighted by Gasteiger charge is -2.20. The minimum Gasteiger partial charge on any atom is -0.384 e. The van der Waals surface area contributed by atoms with Gasteiger partial charge < -0.3 is 10.4 Å². The number of anilines is 1. The summed E-state index contributed by atoms with van der Waals surface area (Å²) in [6.07, 6.45) is 4.84. The monoisotopic (exact) mass is 269 g/mol. The number of amides is 1. The molecule has 1 amide bonds. The van der Waals surface area contributed by atoms with Crippen molar-refractivity contribution in [2.75, 3.05) is 11.9 Å². The first kappa shape index (κ1) is 13.2. The van der Waals surface area contributed by atoms with E-state index in [4.69, 9.17) is 5.11 Å². The van der Waals surface area contributed by atoms with Crippen molar-refractivity contribution in [1.82, 2.24) is 0 Å². The topological polar surface area (TPSA) is 49.3 Å². The van der Waals surface area contributed by atoms with Gasteiger partial charge in [-0.3, -0.25) is 4.79 Å². The minimum absolute atomic E-state index is 0.136. The summed E-state index contributed by atoms with van der Waals surface area (Å²) >= 11 is 0. The number of aliphatic hydroxyl groups excluding tert-OH is 1. The normalized spacial score (nSPS) is 26.9. The number of aliphatic hydroxyl groups is 1. The fourth-order valence-corrected chi connectivity index (χ4v) is 3.58. The van der Waals surface area contributed by atoms with Crippen LogP contribution in [0.2, 0.25) is 0 Å². The largest absolute Gasteiger partial charge is 0.384 e. The van der Waals surface area contributed by atoms with Crippen LogP contribution in [-0.2, 0) is 4.79 Å². The van der Waals surface area contributed by atoms with Gasteiger partial charge in [0.2, 0.25) is 5.91 Å². The number of carbonyl (C=O) groups is 1. The smallest absolute Gasteiger partial charge is 0.227 e. The molecule has 2 N–H and O–H groups in total. The van der Waals surface area contributed by atoms with Crippen LogP contribution in [0.4, 0.5) is 5.69 Å². The van der Waals surface area contributed by atoms with Gasteiger partial charge in [0.05, 0.1) is 0 Å². The van der Waals surface area contributed by atoms with E-state index in [0.717, 1.165) is 23.6 Å². The molecule has 20 heavy (non-hydrogen) atoms. The highest BCUT2D eigenvalue weighted by atomic mass is 16.2. The summed E-state index contributed by atoms with van der Waals surface area (Å²) in [5, 5.41) is 11.7. The molecule has 1 aromatic rings. The molecule has 2 aliphatic rings. The van der Waals surface area contributed by atoms with E-state index in [2.05, 4.69) is 17.2 Å². The van der Waals surface area contributed by atoms with E-state index < -0.39 is 0 Å². The number of benzene rings is 1. The first-order chi connectivity index (χ1) is 9.76. The van der Waals surface area contributed by atoms with Gasteiger partial charge in [-0.05, 0) is 55.4 Å². The van der Waals surface area contributed by atoms with Gasteiger partial charge >= 0.3 is 0 Å². The highest BCUT2D eigenvalue weighted by Gasteiger charge is 2.42. The Balaban J connectivity index is 1.61. The van der Waals surface area contributed by atoms with Crippen molar-refractivity contribution in [3.05, 3.63) is 29.8 Å². The zero-order valence-corrected chi connectivity index (χ0v) is 11.4. The Bertz CT molecular complexity index is 553. The van der Waals surface area contributed by atoms with Crippen molar-refractivity contribution in [3.8, 4) is 11.8 Å². The average molecular weight is 269 g/mol. The van der Waals surface area contributed by atoms with E-state index in [9.17, 15) is 4.79 Å². The molecule has 0 saturated heterocycles. The average Bonchev–Trinajstić information content (AvgIpc) is 3.09. The minimum atomic E-state index is -0.136. The van der Waals surface area contributed by atoms with Crippen molar-refractivity contribution in [1.29, 1.82) is 0 Å². The van der Waals surface area contributed by atoms with Crippen molar-refractivity contribution < 1.29 is 9.90 Å². The third kappa shape index (κ3) is 2.71. The molecular weight excluding hydrogens is 250 g/mol. The number of rotatable bonds is 2. The van der Waals surface area contributed by atoms with Gasteiger partial charge in [0.1, 0.15) is 6.61 Å². The molecule has 2 saturated carbocycles. The lowest BCUT2D eigenvalue weighted by Crippen LogP contribution is -2.27. The lowest BCUT2D eigenvalue weighted by molar-refractivity contribution is -0.121. The second-order valence-electron chi connectivity index (χ2n) is 5.81. The number of hydrogen-bond acceptors (Lipinski definition) is 2. The van der Waals surface area contributed by atoms with Crippen LogP contribution in [0, 0.1) is 29.6 Å². The molecule has 3 heteroatoms. The summed E-state index contributed by atoms with van der Waals surface area (Å²) < 4.78 is 0. The predicted octanol–water partition coefficient (Wildman–Crippen LogP) is 2.41. The lowest BCUT2D eigenvalue weighted by atomic mass is 9.88. The van der Waals surface area contributed by atoms with Crippen molar-refractivity contribution in [3.63, 3.8) is 0 Å². The summed E-state index contributed by atoms with van der Waals surface area (Å²) in [6.45, 7) is -0.136. The third-order valence-corrected chi connectivity index (χ3v) is 4.54. The second kappa shape index (κ2) is 5.68. The van der Waals surface area contributed by atoms with Gasteiger partial charge in [-0.25, -0.2) is 0 Å². The van der Waals surface area contributed by atoms with Crippen molar-refractivity contribution in [2.45, 2.75) is 25.7 Å².